The summed E-state index contributed by atoms with van der Waals surface area (Å²) >= 11 is 0. The number of para-hydroxylation sites is 6. The van der Waals surface area contributed by atoms with Gasteiger partial charge in [-0.3, -0.25) is 0 Å². The smallest absolute Gasteiger partial charge is 0.0998 e. The minimum atomic E-state index is -0.0749. The lowest BCUT2D eigenvalue weighted by Crippen LogP contribution is -2.15. The molecule has 0 fully saturated rings. The summed E-state index contributed by atoms with van der Waals surface area (Å²) in [5, 5.41) is 29.5. The normalized spacial score (nSPS) is 11.8. The van der Waals surface area contributed by atoms with Gasteiger partial charge in [-0.25, -0.2) is 0 Å². The maximum atomic E-state index is 11.7. The quantitative estimate of drug-likeness (QED) is 0.115. The van der Waals surface area contributed by atoms with E-state index >= 15 is 0 Å². The molecule has 0 atom stereocenters. The van der Waals surface area contributed by atoms with Crippen LogP contribution in [-0.2, 0) is 10.8 Å². The van der Waals surface area contributed by atoms with Gasteiger partial charge in [0.2, 0.25) is 0 Å². The number of fused-ring (bicyclic) bond motifs is 9. The van der Waals surface area contributed by atoms with Crippen LogP contribution in [0.25, 0.3) is 127 Å². The van der Waals surface area contributed by atoms with Crippen LogP contribution in [0.4, 0.5) is 34.1 Å². The summed E-state index contributed by atoms with van der Waals surface area (Å²) in [5.41, 5.74) is 25.9. The van der Waals surface area contributed by atoms with E-state index in [0.29, 0.717) is 11.1 Å². The zero-order chi connectivity index (χ0) is 72.7. The number of hydrogen-bond acceptors (Lipinski definition) is 4. The fourth-order valence-electron chi connectivity index (χ4n) is 16.2. The zero-order valence-electron chi connectivity index (χ0n) is 60.5. The molecule has 0 aliphatic heterocycles. The monoisotopic (exact) mass is 1370 g/mol. The van der Waals surface area contributed by atoms with Crippen LogP contribution in [-0.4, -0.2) is 13.7 Å². The van der Waals surface area contributed by atoms with Gasteiger partial charge in [0.25, 0.3) is 0 Å². The minimum Gasteiger partial charge on any atom is -0.310 e. The second kappa shape index (κ2) is 26.2. The molecule has 0 unspecified atom stereocenters. The van der Waals surface area contributed by atoms with Crippen molar-refractivity contribution in [3.05, 3.63) is 368 Å². The first-order chi connectivity index (χ1) is 52.3. The lowest BCUT2D eigenvalue weighted by atomic mass is 9.85. The minimum absolute atomic E-state index is 0.0749. The van der Waals surface area contributed by atoms with E-state index in [0.717, 1.165) is 150 Å². The van der Waals surface area contributed by atoms with E-state index in [2.05, 4.69) is 405 Å². The highest BCUT2D eigenvalue weighted by Crippen LogP contribution is 2.50. The van der Waals surface area contributed by atoms with Crippen molar-refractivity contribution in [2.75, 3.05) is 9.80 Å². The average molecular weight is 1370 g/mol. The molecular formula is C100H75N7. The average Bonchev–Trinajstić information content (AvgIpc) is 1.63. The highest BCUT2D eigenvalue weighted by Gasteiger charge is 2.28. The molecule has 7 nitrogen and oxygen atoms in total. The van der Waals surface area contributed by atoms with Crippen molar-refractivity contribution in [3.8, 4) is 73.7 Å². The molecule has 510 valence electrons. The zero-order valence-corrected chi connectivity index (χ0v) is 60.5. The van der Waals surface area contributed by atoms with Crippen LogP contribution in [0.1, 0.15) is 63.8 Å². The van der Waals surface area contributed by atoms with E-state index in [9.17, 15) is 10.5 Å². The van der Waals surface area contributed by atoms with Crippen molar-refractivity contribution in [2.24, 2.45) is 0 Å². The van der Waals surface area contributed by atoms with Gasteiger partial charge in [-0.2, -0.15) is 10.5 Å². The Morgan fingerprint density at radius 3 is 1.18 bits per heavy atom. The van der Waals surface area contributed by atoms with Gasteiger partial charge >= 0.3 is 0 Å². The van der Waals surface area contributed by atoms with Crippen LogP contribution in [0.2, 0.25) is 0 Å². The second-order valence-corrected chi connectivity index (χ2v) is 30.0. The molecule has 7 heteroatoms. The van der Waals surface area contributed by atoms with Gasteiger partial charge in [0.15, 0.2) is 0 Å². The first kappa shape index (κ1) is 65.3. The Hall–Kier alpha value is -13.7. The summed E-state index contributed by atoms with van der Waals surface area (Å²) in [4.78, 5) is 4.82. The van der Waals surface area contributed by atoms with Crippen LogP contribution in [0.5, 0.6) is 0 Å². The highest BCUT2D eigenvalue weighted by atomic mass is 15.2. The van der Waals surface area contributed by atoms with Crippen molar-refractivity contribution >= 4 is 99.5 Å². The van der Waals surface area contributed by atoms with E-state index in [4.69, 9.17) is 0 Å². The predicted octanol–water partition coefficient (Wildman–Crippen LogP) is 26.9. The van der Waals surface area contributed by atoms with E-state index in [1.165, 1.54) is 21.9 Å². The van der Waals surface area contributed by atoms with Gasteiger partial charge in [-0.15, -0.1) is 0 Å². The number of anilines is 6. The molecule has 0 aliphatic rings. The molecule has 18 rings (SSSR count). The van der Waals surface area contributed by atoms with Crippen molar-refractivity contribution in [2.45, 2.75) is 52.4 Å². The summed E-state index contributed by atoms with van der Waals surface area (Å²) in [6, 6.07) is 129. The van der Waals surface area contributed by atoms with Crippen LogP contribution < -0.4 is 9.80 Å². The third-order valence-electron chi connectivity index (χ3n) is 21.4. The molecule has 0 saturated carbocycles. The molecule has 18 aromatic rings. The lowest BCUT2D eigenvalue weighted by molar-refractivity contribution is 0.590. The predicted molar refractivity (Wildman–Crippen MR) is 447 cm³/mol. The Morgan fingerprint density at radius 1 is 0.262 bits per heavy atom. The molecular weight excluding hydrogens is 1300 g/mol. The molecule has 107 heavy (non-hydrogen) atoms. The third kappa shape index (κ3) is 11.5. The van der Waals surface area contributed by atoms with Gasteiger partial charge < -0.3 is 23.5 Å². The summed E-state index contributed by atoms with van der Waals surface area (Å²) in [7, 11) is 0. The maximum Gasteiger partial charge on any atom is 0.0998 e. The van der Waals surface area contributed by atoms with E-state index in [1.54, 1.807) is 0 Å². The molecule has 0 N–H and O–H groups in total. The van der Waals surface area contributed by atoms with Crippen LogP contribution in [0, 0.1) is 22.7 Å². The van der Waals surface area contributed by atoms with Crippen molar-refractivity contribution < 1.29 is 0 Å². The number of hydrogen-bond donors (Lipinski definition) is 0. The van der Waals surface area contributed by atoms with Gasteiger partial charge in [-0.1, -0.05) is 242 Å². The van der Waals surface area contributed by atoms with Gasteiger partial charge in [0.1, 0.15) is 0 Å². The van der Waals surface area contributed by atoms with Crippen molar-refractivity contribution in [3.63, 3.8) is 0 Å². The van der Waals surface area contributed by atoms with Crippen LogP contribution >= 0.6 is 0 Å². The Labute approximate surface area is 623 Å². The Bertz CT molecular complexity index is 6460. The molecule has 0 saturated heterocycles. The molecule has 0 radical (unpaired) electrons. The fraction of sp³-hybridized carbons (Fsp3) is 0.0800. The first-order valence-corrected chi connectivity index (χ1v) is 36.7. The van der Waals surface area contributed by atoms with Crippen LogP contribution in [0.3, 0.4) is 0 Å². The van der Waals surface area contributed by atoms with Crippen LogP contribution in [0.15, 0.2) is 346 Å². The van der Waals surface area contributed by atoms with E-state index in [-0.39, 0.29) is 10.8 Å². The number of nitriles is 2. The summed E-state index contributed by atoms with van der Waals surface area (Å²) in [6.45, 7) is 13.8. The lowest BCUT2D eigenvalue weighted by Gasteiger charge is -2.32. The van der Waals surface area contributed by atoms with E-state index < -0.39 is 0 Å². The van der Waals surface area contributed by atoms with Crippen molar-refractivity contribution in [1.82, 2.24) is 13.7 Å². The summed E-state index contributed by atoms with van der Waals surface area (Å²) in [5.74, 6) is 0. The van der Waals surface area contributed by atoms with E-state index in [1.807, 2.05) is 18.2 Å². The third-order valence-corrected chi connectivity index (χ3v) is 21.4. The standard InChI is InChI=1S/C100H75N7/c1-99(2,3)72-49-53-97-88(59-72)89-60-73(100(4,5)6)50-54-98(89)105(97)76-34-26-33-75(61-76)104(91-42-20-14-36-81(91)68-29-11-8-12-30-68)79-58-71(86-63-77(51-48-70(86)65-102)106-92-43-21-15-37-82(92)83-38-16-22-44-93(83)106)57-78(62-79)103(90-41-19-13-35-80(90)67-27-9-7-10-28-67)74-32-25-31-69(56-74)87-55-66(64-101)47-52-96(87)107-94-45-23-17-39-84(94)85-40-18-24-46-95(85)107/h7-63H,1-6H3. The molecule has 15 aromatic carbocycles. The molecule has 3 aromatic heterocycles. The number of nitrogens with zero attached hydrogens (tertiary/aromatic N) is 7. The summed E-state index contributed by atoms with van der Waals surface area (Å²) < 4.78 is 7.12. The number of rotatable bonds is 13. The highest BCUT2D eigenvalue weighted by molar-refractivity contribution is 6.12. The molecule has 0 spiro atoms. The molecule has 0 amide bonds. The first-order valence-electron chi connectivity index (χ1n) is 36.7. The maximum absolute atomic E-state index is 11.7. The number of benzene rings is 15. The number of aromatic nitrogens is 3. The largest absolute Gasteiger partial charge is 0.310 e. The SMILES string of the molecule is CC(C)(C)c1ccc2c(c1)c1cc(C(C)(C)C)ccc1n2-c1cccc(N(c2cc(-c3cc(-n4c5ccccc5c5ccccc54)ccc3C#N)cc(N(c3cccc(-c4cc(C#N)ccc4-n4c5ccccc5c5ccccc54)c3)c3ccccc3-c3ccccc3)c2)c2ccccc2-c2ccccc2)c1. The topological polar surface area (TPSA) is 68.8 Å². The van der Waals surface area contributed by atoms with Gasteiger partial charge in [0.05, 0.1) is 73.4 Å². The summed E-state index contributed by atoms with van der Waals surface area (Å²) in [6.07, 6.45) is 0. The fourth-order valence-corrected chi connectivity index (χ4v) is 16.2. The molecule has 0 aliphatic carbocycles. The Morgan fingerprint density at radius 2 is 0.682 bits per heavy atom. The van der Waals surface area contributed by atoms with Gasteiger partial charge in [-0.05, 0) is 190 Å². The van der Waals surface area contributed by atoms with Gasteiger partial charge in [0, 0.05) is 88.7 Å². The second-order valence-electron chi connectivity index (χ2n) is 30.0. The Kier molecular flexibility index (Phi) is 16.0. The van der Waals surface area contributed by atoms with Crippen molar-refractivity contribution in [1.29, 1.82) is 10.5 Å². The Balaban J connectivity index is 0.935. The molecule has 0 bridgehead atoms. The molecule has 3 heterocycles.